The van der Waals surface area contributed by atoms with Gasteiger partial charge in [0.2, 0.25) is 5.91 Å². The number of aryl methyl sites for hydroxylation is 2. The van der Waals surface area contributed by atoms with Crippen LogP contribution in [0.5, 0.6) is 11.5 Å². The number of hydrogen-bond donors (Lipinski definition) is 0. The lowest BCUT2D eigenvalue weighted by Crippen LogP contribution is -2.43. The van der Waals surface area contributed by atoms with Crippen LogP contribution in [-0.4, -0.2) is 55.5 Å². The highest BCUT2D eigenvalue weighted by Crippen LogP contribution is 2.28. The minimum Gasteiger partial charge on any atom is -0.493 e. The summed E-state index contributed by atoms with van der Waals surface area (Å²) in [7, 11) is 3.20. The summed E-state index contributed by atoms with van der Waals surface area (Å²) in [4.78, 5) is 30.2. The monoisotopic (exact) mass is 492 g/mol. The smallest absolute Gasteiger partial charge is 0.254 e. The lowest BCUT2D eigenvalue weighted by Gasteiger charge is -2.27. The van der Waals surface area contributed by atoms with E-state index in [4.69, 9.17) is 13.9 Å². The molecule has 0 saturated carbocycles. The largest absolute Gasteiger partial charge is 0.493 e. The highest BCUT2D eigenvalue weighted by atomic mass is 16.5. The molecular weight excluding hydrogens is 456 g/mol. The van der Waals surface area contributed by atoms with Crippen LogP contribution in [-0.2, 0) is 17.8 Å². The van der Waals surface area contributed by atoms with E-state index in [9.17, 15) is 9.59 Å². The molecule has 0 fully saturated rings. The second-order valence-corrected chi connectivity index (χ2v) is 8.81. The molecule has 0 saturated heterocycles. The molecule has 7 nitrogen and oxygen atoms in total. The molecule has 2 aromatic carbocycles. The molecule has 192 valence electrons. The Kier molecular flexibility index (Phi) is 9.56. The molecule has 0 aliphatic rings. The number of benzene rings is 2. The normalized spacial score (nSPS) is 10.7. The summed E-state index contributed by atoms with van der Waals surface area (Å²) >= 11 is 0. The number of ether oxygens (including phenoxy) is 2. The predicted molar refractivity (Wildman–Crippen MR) is 139 cm³/mol. The predicted octanol–water partition coefficient (Wildman–Crippen LogP) is 5.04. The maximum Gasteiger partial charge on any atom is 0.254 e. The lowest BCUT2D eigenvalue weighted by molar-refractivity contribution is -0.132. The molecule has 0 aliphatic carbocycles. The van der Waals surface area contributed by atoms with Gasteiger partial charge in [0.05, 0.1) is 20.8 Å². The van der Waals surface area contributed by atoms with Crippen molar-refractivity contribution in [2.45, 2.75) is 40.2 Å². The van der Waals surface area contributed by atoms with Crippen LogP contribution in [0.3, 0.4) is 0 Å². The Morgan fingerprint density at radius 3 is 2.28 bits per heavy atom. The van der Waals surface area contributed by atoms with Gasteiger partial charge in [-0.1, -0.05) is 31.2 Å². The Labute approximate surface area is 213 Å². The zero-order chi connectivity index (χ0) is 26.1. The summed E-state index contributed by atoms with van der Waals surface area (Å²) in [6.45, 7) is 7.10. The van der Waals surface area contributed by atoms with E-state index in [0.717, 1.165) is 23.3 Å². The van der Waals surface area contributed by atoms with Crippen LogP contribution in [0.1, 0.15) is 46.3 Å². The van der Waals surface area contributed by atoms with Gasteiger partial charge in [0.1, 0.15) is 18.1 Å². The van der Waals surface area contributed by atoms with Crippen molar-refractivity contribution >= 4 is 11.8 Å². The zero-order valence-corrected chi connectivity index (χ0v) is 21.9. The first kappa shape index (κ1) is 26.9. The molecule has 0 atom stereocenters. The van der Waals surface area contributed by atoms with E-state index in [1.807, 2.05) is 75.4 Å². The molecule has 0 spiro atoms. The van der Waals surface area contributed by atoms with Crippen molar-refractivity contribution < 1.29 is 23.5 Å². The Morgan fingerprint density at radius 1 is 0.889 bits per heavy atom. The molecular formula is C29H36N2O5. The van der Waals surface area contributed by atoms with Gasteiger partial charge in [-0.2, -0.15) is 0 Å². The van der Waals surface area contributed by atoms with E-state index in [1.54, 1.807) is 24.0 Å². The molecule has 0 aliphatic heterocycles. The third-order valence-electron chi connectivity index (χ3n) is 6.10. The van der Waals surface area contributed by atoms with E-state index in [-0.39, 0.29) is 18.4 Å². The van der Waals surface area contributed by atoms with Gasteiger partial charge in [-0.3, -0.25) is 9.59 Å². The number of carbonyl (C=O) groups excluding carboxylic acids is 2. The second-order valence-electron chi connectivity index (χ2n) is 8.81. The SMILES string of the molecule is CCCN(CC(=O)N(CCc1ccc(OC)c(OC)c1)Cc1ccc(C)o1)C(=O)c1ccccc1C. The molecule has 3 rings (SSSR count). The molecule has 1 heterocycles. The molecule has 0 N–H and O–H groups in total. The number of methoxy groups -OCH3 is 2. The molecule has 36 heavy (non-hydrogen) atoms. The topological polar surface area (TPSA) is 72.2 Å². The van der Waals surface area contributed by atoms with Gasteiger partial charge in [0.25, 0.3) is 5.91 Å². The highest BCUT2D eigenvalue weighted by Gasteiger charge is 2.23. The maximum absolute atomic E-state index is 13.6. The third kappa shape index (κ3) is 6.90. The third-order valence-corrected chi connectivity index (χ3v) is 6.10. The molecule has 0 unspecified atom stereocenters. The molecule has 1 aromatic heterocycles. The van der Waals surface area contributed by atoms with Crippen molar-refractivity contribution in [2.24, 2.45) is 0 Å². The first-order valence-electron chi connectivity index (χ1n) is 12.2. The van der Waals surface area contributed by atoms with Crippen molar-refractivity contribution in [1.29, 1.82) is 0 Å². The van der Waals surface area contributed by atoms with Gasteiger partial charge in [-0.05, 0) is 68.1 Å². The number of furan rings is 1. The Hall–Kier alpha value is -3.74. The van der Waals surface area contributed by atoms with Gasteiger partial charge >= 0.3 is 0 Å². The summed E-state index contributed by atoms with van der Waals surface area (Å²) < 4.78 is 16.5. The van der Waals surface area contributed by atoms with Crippen LogP contribution < -0.4 is 9.47 Å². The Morgan fingerprint density at radius 2 is 1.64 bits per heavy atom. The fourth-order valence-electron chi connectivity index (χ4n) is 4.12. The van der Waals surface area contributed by atoms with Crippen LogP contribution in [0.25, 0.3) is 0 Å². The second kappa shape index (κ2) is 12.8. The van der Waals surface area contributed by atoms with E-state index in [0.29, 0.717) is 48.9 Å². The molecule has 7 heteroatoms. The van der Waals surface area contributed by atoms with Gasteiger partial charge < -0.3 is 23.7 Å². The van der Waals surface area contributed by atoms with Crippen molar-refractivity contribution in [3.8, 4) is 11.5 Å². The minimum atomic E-state index is -0.128. The number of hydrogen-bond acceptors (Lipinski definition) is 5. The lowest BCUT2D eigenvalue weighted by atomic mass is 10.1. The van der Waals surface area contributed by atoms with Gasteiger partial charge in [-0.15, -0.1) is 0 Å². The van der Waals surface area contributed by atoms with Crippen molar-refractivity contribution in [1.82, 2.24) is 9.80 Å². The van der Waals surface area contributed by atoms with Crippen molar-refractivity contribution in [3.63, 3.8) is 0 Å². The fourth-order valence-corrected chi connectivity index (χ4v) is 4.12. The quantitative estimate of drug-likeness (QED) is 0.354. The van der Waals surface area contributed by atoms with Crippen LogP contribution in [0.4, 0.5) is 0 Å². The van der Waals surface area contributed by atoms with Crippen molar-refractivity contribution in [3.05, 3.63) is 82.8 Å². The highest BCUT2D eigenvalue weighted by molar-refractivity contribution is 5.97. The average molecular weight is 493 g/mol. The maximum atomic E-state index is 13.6. The summed E-state index contributed by atoms with van der Waals surface area (Å²) in [5.41, 5.74) is 2.53. The van der Waals surface area contributed by atoms with E-state index in [1.165, 1.54) is 0 Å². The van der Waals surface area contributed by atoms with E-state index < -0.39 is 0 Å². The molecule has 0 radical (unpaired) electrons. The molecule has 0 bridgehead atoms. The minimum absolute atomic E-state index is 0.00658. The fraction of sp³-hybridized carbons (Fsp3) is 0.379. The average Bonchev–Trinajstić information content (AvgIpc) is 3.30. The van der Waals surface area contributed by atoms with Gasteiger partial charge in [0, 0.05) is 18.7 Å². The van der Waals surface area contributed by atoms with Crippen LogP contribution in [0.15, 0.2) is 59.0 Å². The molecule has 3 aromatic rings. The van der Waals surface area contributed by atoms with E-state index in [2.05, 4.69) is 0 Å². The van der Waals surface area contributed by atoms with Crippen LogP contribution in [0.2, 0.25) is 0 Å². The van der Waals surface area contributed by atoms with Gasteiger partial charge in [0.15, 0.2) is 11.5 Å². The standard InChI is InChI=1S/C29H36N2O5/c1-6-16-31(29(33)25-10-8-7-9-21(25)2)20-28(32)30(19-24-13-11-22(3)36-24)17-15-23-12-14-26(34-4)27(18-23)35-5/h7-14,18H,6,15-17,19-20H2,1-5H3. The first-order valence-corrected chi connectivity index (χ1v) is 12.2. The zero-order valence-electron chi connectivity index (χ0n) is 21.9. The van der Waals surface area contributed by atoms with Crippen molar-refractivity contribution in [2.75, 3.05) is 33.9 Å². The van der Waals surface area contributed by atoms with Gasteiger partial charge in [-0.25, -0.2) is 0 Å². The first-order chi connectivity index (χ1) is 17.4. The summed E-state index contributed by atoms with van der Waals surface area (Å²) in [5.74, 6) is 2.55. The number of amides is 2. The summed E-state index contributed by atoms with van der Waals surface area (Å²) in [6, 6.07) is 17.0. The summed E-state index contributed by atoms with van der Waals surface area (Å²) in [5, 5.41) is 0. The number of carbonyl (C=O) groups is 2. The van der Waals surface area contributed by atoms with Crippen LogP contribution in [0, 0.1) is 13.8 Å². The Balaban J connectivity index is 1.79. The molecule has 2 amide bonds. The Bertz CT molecular complexity index is 1170. The number of rotatable bonds is 12. The van der Waals surface area contributed by atoms with E-state index >= 15 is 0 Å². The summed E-state index contributed by atoms with van der Waals surface area (Å²) in [6.07, 6.45) is 1.37. The van der Waals surface area contributed by atoms with Crippen LogP contribution >= 0.6 is 0 Å². The number of nitrogens with zero attached hydrogens (tertiary/aromatic N) is 2.